The maximum Gasteiger partial charge on any atom is 0.307 e. The Bertz CT molecular complexity index is 573. The molecule has 2 N–H and O–H groups in total. The number of aromatic nitrogens is 1. The van der Waals surface area contributed by atoms with Crippen LogP contribution >= 0.6 is 0 Å². The van der Waals surface area contributed by atoms with Gasteiger partial charge in [-0.25, -0.2) is 17.8 Å². The molecule has 0 saturated heterocycles. The molecule has 1 heterocycles. The molecule has 1 aliphatic rings. The SMILES string of the molecule is O=C(O)C1CCCC1S(=O)(=O)Nc1ccc(F)cn1. The number of anilines is 1. The Morgan fingerprint density at radius 3 is 2.74 bits per heavy atom. The number of aliphatic carboxylic acids is 1. The summed E-state index contributed by atoms with van der Waals surface area (Å²) in [4.78, 5) is 14.6. The van der Waals surface area contributed by atoms with Crippen molar-refractivity contribution in [3.05, 3.63) is 24.1 Å². The third-order valence-corrected chi connectivity index (χ3v) is 5.00. The fraction of sp³-hybridized carbons (Fsp3) is 0.455. The normalized spacial score (nSPS) is 23.2. The van der Waals surface area contributed by atoms with E-state index in [1.165, 1.54) is 6.07 Å². The number of hydrogen-bond donors (Lipinski definition) is 2. The lowest BCUT2D eigenvalue weighted by molar-refractivity contribution is -0.141. The highest BCUT2D eigenvalue weighted by Crippen LogP contribution is 2.32. The lowest BCUT2D eigenvalue weighted by Crippen LogP contribution is -2.34. The first-order valence-electron chi connectivity index (χ1n) is 5.76. The van der Waals surface area contributed by atoms with E-state index in [9.17, 15) is 17.6 Å². The van der Waals surface area contributed by atoms with Gasteiger partial charge in [0, 0.05) is 0 Å². The number of hydrogen-bond acceptors (Lipinski definition) is 4. The number of pyridine rings is 1. The molecule has 0 amide bonds. The molecule has 1 fully saturated rings. The topological polar surface area (TPSA) is 96.4 Å². The van der Waals surface area contributed by atoms with Crippen LogP contribution in [0, 0.1) is 11.7 Å². The molecule has 1 aromatic rings. The number of nitrogens with zero attached hydrogens (tertiary/aromatic N) is 1. The lowest BCUT2D eigenvalue weighted by Gasteiger charge is -2.17. The predicted molar refractivity (Wildman–Crippen MR) is 65.5 cm³/mol. The molecule has 1 aliphatic carbocycles. The molecule has 0 radical (unpaired) electrons. The molecule has 2 rings (SSSR count). The fourth-order valence-electron chi connectivity index (χ4n) is 2.24. The Labute approximate surface area is 109 Å². The molecule has 8 heteroatoms. The van der Waals surface area contributed by atoms with Gasteiger partial charge < -0.3 is 5.11 Å². The van der Waals surface area contributed by atoms with Gasteiger partial charge in [0.05, 0.1) is 17.4 Å². The van der Waals surface area contributed by atoms with Crippen molar-refractivity contribution in [1.82, 2.24) is 4.98 Å². The van der Waals surface area contributed by atoms with E-state index in [1.54, 1.807) is 0 Å². The van der Waals surface area contributed by atoms with Gasteiger partial charge in [-0.1, -0.05) is 6.42 Å². The van der Waals surface area contributed by atoms with E-state index in [0.717, 1.165) is 12.3 Å². The second-order valence-electron chi connectivity index (χ2n) is 4.42. The van der Waals surface area contributed by atoms with Crippen LogP contribution in [0.5, 0.6) is 0 Å². The molecule has 0 spiro atoms. The van der Waals surface area contributed by atoms with Gasteiger partial charge >= 0.3 is 5.97 Å². The average Bonchev–Trinajstić information content (AvgIpc) is 2.82. The summed E-state index contributed by atoms with van der Waals surface area (Å²) in [5.74, 6) is -2.61. The van der Waals surface area contributed by atoms with Crippen LogP contribution in [0.3, 0.4) is 0 Å². The third-order valence-electron chi connectivity index (χ3n) is 3.14. The summed E-state index contributed by atoms with van der Waals surface area (Å²) in [7, 11) is -3.84. The number of carboxylic acid groups (broad SMARTS) is 1. The van der Waals surface area contributed by atoms with Crippen LogP contribution in [0.2, 0.25) is 0 Å². The molecule has 0 bridgehead atoms. The second kappa shape index (κ2) is 5.12. The lowest BCUT2D eigenvalue weighted by atomic mass is 10.1. The van der Waals surface area contributed by atoms with Crippen molar-refractivity contribution in [2.24, 2.45) is 5.92 Å². The van der Waals surface area contributed by atoms with Crippen LogP contribution in [-0.4, -0.2) is 29.7 Å². The molecule has 19 heavy (non-hydrogen) atoms. The maximum absolute atomic E-state index is 12.7. The van der Waals surface area contributed by atoms with Gasteiger partial charge in [-0.05, 0) is 25.0 Å². The van der Waals surface area contributed by atoms with Gasteiger partial charge in [-0.15, -0.1) is 0 Å². The summed E-state index contributed by atoms with van der Waals surface area (Å²) >= 11 is 0. The van der Waals surface area contributed by atoms with Crippen LogP contribution in [-0.2, 0) is 14.8 Å². The molecule has 1 saturated carbocycles. The Kier molecular flexibility index (Phi) is 3.70. The van der Waals surface area contributed by atoms with Crippen molar-refractivity contribution in [3.8, 4) is 0 Å². The summed E-state index contributed by atoms with van der Waals surface area (Å²) in [5.41, 5.74) is 0. The summed E-state index contributed by atoms with van der Waals surface area (Å²) in [6, 6.07) is 2.27. The van der Waals surface area contributed by atoms with Crippen molar-refractivity contribution >= 4 is 21.8 Å². The Morgan fingerprint density at radius 2 is 2.16 bits per heavy atom. The van der Waals surface area contributed by atoms with Crippen LogP contribution in [0.4, 0.5) is 10.2 Å². The number of sulfonamides is 1. The monoisotopic (exact) mass is 288 g/mol. The summed E-state index contributed by atoms with van der Waals surface area (Å²) in [6.45, 7) is 0. The van der Waals surface area contributed by atoms with E-state index < -0.39 is 33.0 Å². The number of rotatable bonds is 4. The van der Waals surface area contributed by atoms with E-state index in [2.05, 4.69) is 9.71 Å². The Balaban J connectivity index is 2.18. The van der Waals surface area contributed by atoms with E-state index in [-0.39, 0.29) is 5.82 Å². The number of halogens is 1. The van der Waals surface area contributed by atoms with E-state index >= 15 is 0 Å². The average molecular weight is 288 g/mol. The maximum atomic E-state index is 12.7. The van der Waals surface area contributed by atoms with Gasteiger partial charge in [0.15, 0.2) is 0 Å². The minimum Gasteiger partial charge on any atom is -0.481 e. The fourth-order valence-corrected chi connectivity index (χ4v) is 3.96. The first kappa shape index (κ1) is 13.7. The number of nitrogens with one attached hydrogen (secondary N) is 1. The zero-order chi connectivity index (χ0) is 14.0. The van der Waals surface area contributed by atoms with Gasteiger partial charge in [0.25, 0.3) is 0 Å². The zero-order valence-electron chi connectivity index (χ0n) is 9.91. The van der Waals surface area contributed by atoms with Gasteiger partial charge in [-0.3, -0.25) is 9.52 Å². The highest BCUT2D eigenvalue weighted by atomic mass is 32.2. The first-order chi connectivity index (χ1) is 8.90. The van der Waals surface area contributed by atoms with Crippen molar-refractivity contribution in [2.75, 3.05) is 4.72 Å². The molecule has 0 aliphatic heterocycles. The molecule has 2 unspecified atom stereocenters. The van der Waals surface area contributed by atoms with Crippen LogP contribution in [0.1, 0.15) is 19.3 Å². The minimum atomic E-state index is -3.84. The van der Waals surface area contributed by atoms with Crippen molar-refractivity contribution in [2.45, 2.75) is 24.5 Å². The summed E-state index contributed by atoms with van der Waals surface area (Å²) < 4.78 is 39.1. The van der Waals surface area contributed by atoms with Crippen molar-refractivity contribution < 1.29 is 22.7 Å². The van der Waals surface area contributed by atoms with Crippen molar-refractivity contribution in [3.63, 3.8) is 0 Å². The van der Waals surface area contributed by atoms with E-state index in [0.29, 0.717) is 19.3 Å². The molecule has 2 atom stereocenters. The number of carbonyl (C=O) groups is 1. The molecule has 104 valence electrons. The van der Waals surface area contributed by atoms with Crippen molar-refractivity contribution in [1.29, 1.82) is 0 Å². The molecular weight excluding hydrogens is 275 g/mol. The molecule has 1 aromatic heterocycles. The zero-order valence-corrected chi connectivity index (χ0v) is 10.7. The Hall–Kier alpha value is -1.70. The van der Waals surface area contributed by atoms with Crippen LogP contribution < -0.4 is 4.72 Å². The standard InChI is InChI=1S/C11H13FN2O4S/c12-7-4-5-10(13-6-7)14-19(17,18)9-3-1-2-8(9)11(15)16/h4-6,8-9H,1-3H2,(H,13,14)(H,15,16). The first-order valence-corrected chi connectivity index (χ1v) is 7.31. The third kappa shape index (κ3) is 3.01. The molecular formula is C11H13FN2O4S. The summed E-state index contributed by atoms with van der Waals surface area (Å²) in [5, 5.41) is 8.02. The molecule has 6 nitrogen and oxygen atoms in total. The smallest absolute Gasteiger partial charge is 0.307 e. The van der Waals surface area contributed by atoms with E-state index in [1.807, 2.05) is 0 Å². The highest BCUT2D eigenvalue weighted by Gasteiger charge is 2.41. The quantitative estimate of drug-likeness (QED) is 0.868. The van der Waals surface area contributed by atoms with Crippen LogP contribution in [0.25, 0.3) is 0 Å². The predicted octanol–water partition coefficient (Wildman–Crippen LogP) is 1.22. The highest BCUT2D eigenvalue weighted by molar-refractivity contribution is 7.93. The van der Waals surface area contributed by atoms with E-state index in [4.69, 9.17) is 5.11 Å². The summed E-state index contributed by atoms with van der Waals surface area (Å²) in [6.07, 6.45) is 2.09. The van der Waals surface area contributed by atoms with Gasteiger partial charge in [0.1, 0.15) is 11.6 Å². The van der Waals surface area contributed by atoms with Crippen LogP contribution in [0.15, 0.2) is 18.3 Å². The Morgan fingerprint density at radius 1 is 1.42 bits per heavy atom. The second-order valence-corrected chi connectivity index (χ2v) is 6.32. The van der Waals surface area contributed by atoms with Gasteiger partial charge in [0.2, 0.25) is 10.0 Å². The largest absolute Gasteiger partial charge is 0.481 e. The molecule has 0 aromatic carbocycles. The number of carboxylic acids is 1. The van der Waals surface area contributed by atoms with Gasteiger partial charge in [-0.2, -0.15) is 0 Å². The minimum absolute atomic E-state index is 0.0163.